The maximum absolute atomic E-state index is 5.54. The van der Waals surface area contributed by atoms with Crippen molar-refractivity contribution >= 4 is 24.8 Å². The van der Waals surface area contributed by atoms with Crippen molar-refractivity contribution in [3.63, 3.8) is 0 Å². The minimum atomic E-state index is 0. The second-order valence-corrected chi connectivity index (χ2v) is 2.52. The number of halogens is 2. The second-order valence-electron chi connectivity index (χ2n) is 2.52. The fourth-order valence-electron chi connectivity index (χ4n) is 0.765. The Labute approximate surface area is 84.4 Å². The van der Waals surface area contributed by atoms with Crippen molar-refractivity contribution in [2.45, 2.75) is 19.4 Å². The molecule has 0 aliphatic carbocycles. The predicted octanol–water partition coefficient (Wildman–Crippen LogP) is 0.548. The third kappa shape index (κ3) is 4.54. The van der Waals surface area contributed by atoms with Gasteiger partial charge in [0.05, 0.1) is 0 Å². The van der Waals surface area contributed by atoms with Crippen molar-refractivity contribution < 1.29 is 0 Å². The summed E-state index contributed by atoms with van der Waals surface area (Å²) >= 11 is 0. The quantitative estimate of drug-likeness (QED) is 0.780. The van der Waals surface area contributed by atoms with Gasteiger partial charge in [0.15, 0.2) is 5.82 Å². The van der Waals surface area contributed by atoms with Gasteiger partial charge in [-0.15, -0.1) is 24.8 Å². The molecule has 1 heterocycles. The molecule has 0 bridgehead atoms. The zero-order chi connectivity index (χ0) is 7.56. The Balaban J connectivity index is 0. The van der Waals surface area contributed by atoms with Gasteiger partial charge >= 0.3 is 0 Å². The molecule has 4 nitrogen and oxygen atoms in total. The molecule has 1 rings (SSSR count). The number of nitrogens with zero attached hydrogens (tertiary/aromatic N) is 3. The van der Waals surface area contributed by atoms with Crippen LogP contribution in [0.5, 0.6) is 0 Å². The van der Waals surface area contributed by atoms with Crippen molar-refractivity contribution in [1.82, 2.24) is 14.8 Å². The first kappa shape index (κ1) is 14.2. The average Bonchev–Trinajstić information content (AvgIpc) is 2.13. The van der Waals surface area contributed by atoms with Gasteiger partial charge in [-0.3, -0.25) is 4.68 Å². The molecule has 0 fully saturated rings. The first-order valence-corrected chi connectivity index (χ1v) is 3.28. The van der Waals surface area contributed by atoms with E-state index in [0.29, 0.717) is 0 Å². The molecule has 0 aliphatic heterocycles. The highest BCUT2D eigenvalue weighted by atomic mass is 35.5. The van der Waals surface area contributed by atoms with Gasteiger partial charge in [0.2, 0.25) is 0 Å². The molecule has 1 aromatic heterocycles. The highest BCUT2D eigenvalue weighted by Gasteiger charge is 2.00. The van der Waals surface area contributed by atoms with Gasteiger partial charge < -0.3 is 5.73 Å². The standard InChI is InChI=1S/C6H12N4.2ClH/c1-5(7)3-6-8-4-10(2)9-6;;/h4-5H,3,7H2,1-2H3;2*1H. The van der Waals surface area contributed by atoms with E-state index in [-0.39, 0.29) is 30.9 Å². The van der Waals surface area contributed by atoms with Crippen LogP contribution < -0.4 is 5.73 Å². The number of rotatable bonds is 2. The molecule has 0 aliphatic rings. The molecule has 72 valence electrons. The van der Waals surface area contributed by atoms with Crippen LogP contribution in [0.25, 0.3) is 0 Å². The molecule has 0 spiro atoms. The smallest absolute Gasteiger partial charge is 0.152 e. The Morgan fingerprint density at radius 1 is 1.58 bits per heavy atom. The monoisotopic (exact) mass is 212 g/mol. The van der Waals surface area contributed by atoms with Crippen molar-refractivity contribution in [1.29, 1.82) is 0 Å². The lowest BCUT2D eigenvalue weighted by molar-refractivity contribution is 0.680. The Kier molecular flexibility index (Phi) is 7.37. The SMILES string of the molecule is CC(N)Cc1ncn(C)n1.Cl.Cl. The number of aryl methyl sites for hydroxylation is 1. The number of hydrogen-bond acceptors (Lipinski definition) is 3. The minimum absolute atomic E-state index is 0. The highest BCUT2D eigenvalue weighted by molar-refractivity contribution is 5.85. The molecule has 12 heavy (non-hydrogen) atoms. The molecule has 0 saturated carbocycles. The van der Waals surface area contributed by atoms with Crippen LogP contribution in [0.4, 0.5) is 0 Å². The van der Waals surface area contributed by atoms with Crippen molar-refractivity contribution in [2.75, 3.05) is 0 Å². The van der Waals surface area contributed by atoms with E-state index in [1.165, 1.54) is 0 Å². The van der Waals surface area contributed by atoms with E-state index in [2.05, 4.69) is 10.1 Å². The average molecular weight is 213 g/mol. The van der Waals surface area contributed by atoms with Crippen LogP contribution in [0.1, 0.15) is 12.7 Å². The highest BCUT2D eigenvalue weighted by Crippen LogP contribution is 1.91. The Hall–Kier alpha value is -0.320. The Morgan fingerprint density at radius 3 is 2.50 bits per heavy atom. The lowest BCUT2D eigenvalue weighted by Crippen LogP contribution is -2.18. The number of aromatic nitrogens is 3. The van der Waals surface area contributed by atoms with E-state index in [0.717, 1.165) is 12.2 Å². The van der Waals surface area contributed by atoms with E-state index in [1.54, 1.807) is 11.0 Å². The molecule has 1 aromatic rings. The Morgan fingerprint density at radius 2 is 2.17 bits per heavy atom. The summed E-state index contributed by atoms with van der Waals surface area (Å²) in [6.07, 6.45) is 2.43. The van der Waals surface area contributed by atoms with E-state index >= 15 is 0 Å². The first-order chi connectivity index (χ1) is 4.68. The molecule has 2 N–H and O–H groups in total. The summed E-state index contributed by atoms with van der Waals surface area (Å²) in [4.78, 5) is 4.03. The van der Waals surface area contributed by atoms with Crippen molar-refractivity contribution in [2.24, 2.45) is 12.8 Å². The van der Waals surface area contributed by atoms with E-state index in [1.807, 2.05) is 14.0 Å². The normalized spacial score (nSPS) is 11.2. The summed E-state index contributed by atoms with van der Waals surface area (Å²) in [5, 5.41) is 4.08. The number of hydrogen-bond donors (Lipinski definition) is 1. The van der Waals surface area contributed by atoms with Gasteiger partial charge in [0.1, 0.15) is 6.33 Å². The summed E-state index contributed by atoms with van der Waals surface area (Å²) in [5.41, 5.74) is 5.54. The third-order valence-corrected chi connectivity index (χ3v) is 1.15. The van der Waals surface area contributed by atoms with Crippen LogP contribution >= 0.6 is 24.8 Å². The van der Waals surface area contributed by atoms with Crippen LogP contribution in [-0.2, 0) is 13.5 Å². The van der Waals surface area contributed by atoms with E-state index in [9.17, 15) is 0 Å². The van der Waals surface area contributed by atoms with Crippen LogP contribution in [0, 0.1) is 0 Å². The topological polar surface area (TPSA) is 56.7 Å². The molecule has 0 saturated heterocycles. The summed E-state index contributed by atoms with van der Waals surface area (Å²) in [5.74, 6) is 0.817. The molecule has 1 atom stereocenters. The second kappa shape index (κ2) is 6.22. The maximum atomic E-state index is 5.54. The molecule has 1 unspecified atom stereocenters. The summed E-state index contributed by atoms with van der Waals surface area (Å²) < 4.78 is 1.68. The fraction of sp³-hybridized carbons (Fsp3) is 0.667. The summed E-state index contributed by atoms with van der Waals surface area (Å²) in [7, 11) is 1.84. The minimum Gasteiger partial charge on any atom is -0.328 e. The van der Waals surface area contributed by atoms with Gasteiger partial charge in [-0.25, -0.2) is 4.98 Å². The summed E-state index contributed by atoms with van der Waals surface area (Å²) in [6, 6.07) is 0.141. The zero-order valence-corrected chi connectivity index (χ0v) is 8.73. The van der Waals surface area contributed by atoms with E-state index < -0.39 is 0 Å². The lowest BCUT2D eigenvalue weighted by atomic mass is 10.2. The maximum Gasteiger partial charge on any atom is 0.152 e. The largest absolute Gasteiger partial charge is 0.328 e. The number of nitrogens with two attached hydrogens (primary N) is 1. The van der Waals surface area contributed by atoms with Gasteiger partial charge in [-0.1, -0.05) is 0 Å². The molecule has 0 aromatic carbocycles. The molecule has 6 heteroatoms. The van der Waals surface area contributed by atoms with Crippen LogP contribution in [0.3, 0.4) is 0 Å². The molecule has 0 amide bonds. The molecular formula is C6H14Cl2N4. The third-order valence-electron chi connectivity index (χ3n) is 1.15. The van der Waals surface area contributed by atoms with E-state index in [4.69, 9.17) is 5.73 Å². The van der Waals surface area contributed by atoms with Gasteiger partial charge in [0.25, 0.3) is 0 Å². The molecular weight excluding hydrogens is 199 g/mol. The van der Waals surface area contributed by atoms with Crippen molar-refractivity contribution in [3.8, 4) is 0 Å². The van der Waals surface area contributed by atoms with Gasteiger partial charge in [0, 0.05) is 19.5 Å². The zero-order valence-electron chi connectivity index (χ0n) is 7.10. The van der Waals surface area contributed by atoms with Crippen LogP contribution in [-0.4, -0.2) is 20.8 Å². The first-order valence-electron chi connectivity index (χ1n) is 3.28. The van der Waals surface area contributed by atoms with Crippen LogP contribution in [0.15, 0.2) is 6.33 Å². The van der Waals surface area contributed by atoms with Crippen LogP contribution in [0.2, 0.25) is 0 Å². The fourth-order valence-corrected chi connectivity index (χ4v) is 0.765. The van der Waals surface area contributed by atoms with Gasteiger partial charge in [-0.2, -0.15) is 5.10 Å². The summed E-state index contributed by atoms with van der Waals surface area (Å²) in [6.45, 7) is 1.94. The van der Waals surface area contributed by atoms with Crippen molar-refractivity contribution in [3.05, 3.63) is 12.2 Å². The predicted molar refractivity (Wildman–Crippen MR) is 52.9 cm³/mol. The Bertz CT molecular complexity index is 211. The van der Waals surface area contributed by atoms with Gasteiger partial charge in [-0.05, 0) is 6.92 Å². The lowest BCUT2D eigenvalue weighted by Gasteiger charge is -1.97. The molecule has 0 radical (unpaired) electrons.